The van der Waals surface area contributed by atoms with Crippen LogP contribution in [0.15, 0.2) is 146 Å². The summed E-state index contributed by atoms with van der Waals surface area (Å²) in [5.74, 6) is 2.01. The molecule has 4 aromatic carbocycles. The lowest BCUT2D eigenvalue weighted by Crippen LogP contribution is -2.23. The lowest BCUT2D eigenvalue weighted by molar-refractivity contribution is 0.590. The first-order chi connectivity index (χ1) is 24.3. The molecule has 0 saturated heterocycles. The van der Waals surface area contributed by atoms with Gasteiger partial charge in [0.1, 0.15) is 11.6 Å². The van der Waals surface area contributed by atoms with Gasteiger partial charge >= 0.3 is 0 Å². The van der Waals surface area contributed by atoms with Crippen molar-refractivity contribution < 1.29 is 0 Å². The normalized spacial score (nSPS) is 14.3. The smallest absolute Gasteiger partial charge is 0.124 e. The summed E-state index contributed by atoms with van der Waals surface area (Å²) in [6, 6.07) is 47.5. The van der Waals surface area contributed by atoms with Crippen LogP contribution in [0.4, 0.5) is 0 Å². The molecule has 50 heavy (non-hydrogen) atoms. The predicted octanol–water partition coefficient (Wildman–Crippen LogP) is 11.8. The van der Waals surface area contributed by atoms with Crippen LogP contribution < -0.4 is 0 Å². The summed E-state index contributed by atoms with van der Waals surface area (Å²) in [6.45, 7) is 9.23. The molecule has 6 heteroatoms. The molecule has 0 aliphatic carbocycles. The highest BCUT2D eigenvalue weighted by atomic mass is 32.1. The molecule has 0 fully saturated rings. The van der Waals surface area contributed by atoms with Crippen LogP contribution in [0.1, 0.15) is 49.1 Å². The summed E-state index contributed by atoms with van der Waals surface area (Å²) >= 11 is 3.69. The Morgan fingerprint density at radius 1 is 0.460 bits per heavy atom. The third-order valence-corrected chi connectivity index (χ3v) is 12.9. The average Bonchev–Trinajstić information content (AvgIpc) is 3.97. The highest BCUT2D eigenvalue weighted by molar-refractivity contribution is 7.16. The molecule has 4 aromatic heterocycles. The van der Waals surface area contributed by atoms with Gasteiger partial charge in [-0.25, -0.2) is 9.97 Å². The maximum absolute atomic E-state index is 5.58. The highest BCUT2D eigenvalue weighted by Crippen LogP contribution is 2.50. The van der Waals surface area contributed by atoms with Gasteiger partial charge in [0.2, 0.25) is 0 Å². The highest BCUT2D eigenvalue weighted by Gasteiger charge is 2.37. The Hall–Kier alpha value is -5.30. The second kappa shape index (κ2) is 11.7. The molecule has 1 aliphatic heterocycles. The second-order valence-electron chi connectivity index (χ2n) is 14.0. The van der Waals surface area contributed by atoms with E-state index in [9.17, 15) is 0 Å². The lowest BCUT2D eigenvalue weighted by Gasteiger charge is -2.24. The van der Waals surface area contributed by atoms with Crippen LogP contribution in [0, 0.1) is 0 Å². The molecule has 0 radical (unpaired) electrons. The van der Waals surface area contributed by atoms with Crippen LogP contribution in [0.2, 0.25) is 0 Å². The molecule has 0 unspecified atom stereocenters. The van der Waals surface area contributed by atoms with Gasteiger partial charge in [-0.1, -0.05) is 97.1 Å². The molecule has 0 spiro atoms. The molecular weight excluding hydrogens is 649 g/mol. The summed E-state index contributed by atoms with van der Waals surface area (Å²) in [6.07, 6.45) is 4.48. The Labute approximate surface area is 301 Å². The Kier molecular flexibility index (Phi) is 7.16. The van der Waals surface area contributed by atoms with Crippen molar-refractivity contribution in [3.8, 4) is 54.8 Å². The van der Waals surface area contributed by atoms with Crippen molar-refractivity contribution >= 4 is 22.7 Å². The van der Waals surface area contributed by atoms with Gasteiger partial charge in [0, 0.05) is 54.4 Å². The molecule has 0 saturated carbocycles. The van der Waals surface area contributed by atoms with E-state index in [1.807, 2.05) is 22.7 Å². The fraction of sp³-hybridized carbons (Fsp3) is 0.136. The van der Waals surface area contributed by atoms with Gasteiger partial charge in [0.05, 0.1) is 22.2 Å². The molecular formula is C44H36N4S2. The molecule has 0 N–H and O–H groups in total. The van der Waals surface area contributed by atoms with E-state index in [1.54, 1.807) is 0 Å². The molecule has 0 amide bonds. The van der Waals surface area contributed by atoms with Crippen LogP contribution >= 0.6 is 22.7 Å². The van der Waals surface area contributed by atoms with Gasteiger partial charge < -0.3 is 9.13 Å². The molecule has 0 atom stereocenters. The lowest BCUT2D eigenvalue weighted by atomic mass is 9.88. The Morgan fingerprint density at radius 3 is 1.16 bits per heavy atom. The van der Waals surface area contributed by atoms with E-state index >= 15 is 0 Å². The van der Waals surface area contributed by atoms with E-state index in [0.717, 1.165) is 45.5 Å². The van der Waals surface area contributed by atoms with Crippen molar-refractivity contribution in [2.24, 2.45) is 0 Å². The predicted molar refractivity (Wildman–Crippen MR) is 209 cm³/mol. The van der Waals surface area contributed by atoms with Crippen molar-refractivity contribution in [2.45, 2.75) is 38.5 Å². The van der Waals surface area contributed by atoms with Crippen molar-refractivity contribution in [2.75, 3.05) is 0 Å². The molecule has 244 valence electrons. The summed E-state index contributed by atoms with van der Waals surface area (Å²) in [5.41, 5.74) is 7.94. The number of para-hydroxylation sites is 2. The molecule has 4 nitrogen and oxygen atoms in total. The SMILES string of the molecule is CC1(C)c2cc(c(-c3ccccc3)s2)-c2cn(-c3ccccc3)c(n2)C(C)(C)c2cc(c(-c3ccccc3)s2)-c2cn(-c3ccccc3)c1n2. The summed E-state index contributed by atoms with van der Waals surface area (Å²) in [4.78, 5) is 16.1. The number of thiophene rings is 2. The average molecular weight is 685 g/mol. The van der Waals surface area contributed by atoms with Crippen LogP contribution in [0.5, 0.6) is 0 Å². The van der Waals surface area contributed by atoms with E-state index in [-0.39, 0.29) is 0 Å². The zero-order valence-corrected chi connectivity index (χ0v) is 30.1. The van der Waals surface area contributed by atoms with Crippen LogP contribution in [0.3, 0.4) is 0 Å². The number of rotatable bonds is 4. The fourth-order valence-electron chi connectivity index (χ4n) is 7.08. The standard InChI is InChI=1S/C44H36N4S2/c1-43(2)37-25-33(39(49-37)29-17-9-5-10-18-29)36-28-48(32-23-15-8-16-24-32)42(46-36)44(3,4)38-26-34(40(50-38)30-19-11-6-12-20-30)35-27-47(41(43)45-35)31-21-13-7-14-22-31/h5-28H,1-4H3. The number of benzene rings is 4. The first-order valence-electron chi connectivity index (χ1n) is 17.0. The maximum Gasteiger partial charge on any atom is 0.124 e. The minimum absolute atomic E-state index is 0.430. The number of hydrogen-bond donors (Lipinski definition) is 0. The Balaban J connectivity index is 1.39. The van der Waals surface area contributed by atoms with Crippen molar-refractivity contribution in [3.63, 3.8) is 0 Å². The summed E-state index contributed by atoms with van der Waals surface area (Å²) in [5, 5.41) is 0. The molecule has 5 heterocycles. The van der Waals surface area contributed by atoms with Gasteiger partial charge in [0.15, 0.2) is 0 Å². The molecule has 1 aliphatic rings. The number of nitrogens with zero attached hydrogens (tertiary/aromatic N) is 4. The number of fused-ring (bicyclic) bond motifs is 10. The van der Waals surface area contributed by atoms with E-state index in [2.05, 4.69) is 183 Å². The topological polar surface area (TPSA) is 35.6 Å². The quantitative estimate of drug-likeness (QED) is 0.185. The van der Waals surface area contributed by atoms with Crippen LogP contribution in [-0.4, -0.2) is 19.1 Å². The van der Waals surface area contributed by atoms with E-state index in [1.165, 1.54) is 30.6 Å². The first-order valence-corrected chi connectivity index (χ1v) is 18.6. The Bertz CT molecular complexity index is 2290. The third-order valence-electron chi connectivity index (χ3n) is 9.92. The molecule has 8 bridgehead atoms. The number of hydrogen-bond acceptors (Lipinski definition) is 4. The van der Waals surface area contributed by atoms with Crippen molar-refractivity contribution in [1.82, 2.24) is 19.1 Å². The van der Waals surface area contributed by atoms with Gasteiger partial charge in [-0.15, -0.1) is 22.7 Å². The number of imidazole rings is 2. The van der Waals surface area contributed by atoms with Gasteiger partial charge in [-0.05, 0) is 75.2 Å². The second-order valence-corrected chi connectivity index (χ2v) is 16.1. The van der Waals surface area contributed by atoms with E-state index < -0.39 is 10.8 Å². The van der Waals surface area contributed by atoms with Crippen molar-refractivity contribution in [1.29, 1.82) is 0 Å². The molecule has 8 aromatic rings. The summed E-state index contributed by atoms with van der Waals surface area (Å²) in [7, 11) is 0. The summed E-state index contributed by atoms with van der Waals surface area (Å²) < 4.78 is 4.60. The fourth-order valence-corrected chi connectivity index (χ4v) is 9.62. The first kappa shape index (κ1) is 30.7. The minimum Gasteiger partial charge on any atom is -0.302 e. The van der Waals surface area contributed by atoms with Crippen LogP contribution in [-0.2, 0) is 10.8 Å². The third kappa shape index (κ3) is 4.93. The Morgan fingerprint density at radius 2 is 0.800 bits per heavy atom. The monoisotopic (exact) mass is 684 g/mol. The molecule has 9 rings (SSSR count). The van der Waals surface area contributed by atoms with E-state index in [0.29, 0.717) is 0 Å². The van der Waals surface area contributed by atoms with Crippen LogP contribution in [0.25, 0.3) is 54.8 Å². The van der Waals surface area contributed by atoms with Gasteiger partial charge in [0.25, 0.3) is 0 Å². The number of aromatic nitrogens is 4. The van der Waals surface area contributed by atoms with Gasteiger partial charge in [-0.3, -0.25) is 0 Å². The van der Waals surface area contributed by atoms with Gasteiger partial charge in [-0.2, -0.15) is 0 Å². The maximum atomic E-state index is 5.58. The largest absolute Gasteiger partial charge is 0.302 e. The van der Waals surface area contributed by atoms with Crippen molar-refractivity contribution in [3.05, 3.63) is 167 Å². The zero-order chi connectivity index (χ0) is 34.0. The van der Waals surface area contributed by atoms with E-state index in [4.69, 9.17) is 9.97 Å². The zero-order valence-electron chi connectivity index (χ0n) is 28.5. The minimum atomic E-state index is -0.430.